The fourth-order valence-electron chi connectivity index (χ4n) is 3.39. The van der Waals surface area contributed by atoms with Crippen molar-refractivity contribution in [2.24, 2.45) is 5.73 Å². The van der Waals surface area contributed by atoms with Crippen molar-refractivity contribution < 1.29 is 55.7 Å². The maximum absolute atomic E-state index is 13.7. The van der Waals surface area contributed by atoms with Gasteiger partial charge in [0.1, 0.15) is 24.7 Å². The zero-order valence-electron chi connectivity index (χ0n) is 22.5. The number of carboxylic acid groups (broad SMARTS) is 2. The van der Waals surface area contributed by atoms with Gasteiger partial charge >= 0.3 is 18.1 Å². The molecule has 0 fully saturated rings. The average molecular weight is 619 g/mol. The number of nitrogens with zero attached hydrogens (tertiary/aromatic N) is 1. The smallest absolute Gasteiger partial charge is 0.486 e. The van der Waals surface area contributed by atoms with Crippen LogP contribution in [-0.2, 0) is 16.2 Å². The molecule has 0 saturated heterocycles. The van der Waals surface area contributed by atoms with E-state index < -0.39 is 47.7 Å². The van der Waals surface area contributed by atoms with Crippen molar-refractivity contribution in [1.82, 2.24) is 4.90 Å². The molecular weight excluding hydrogens is 591 g/mol. The summed E-state index contributed by atoms with van der Waals surface area (Å²) in [6.45, 7) is 2.93. The van der Waals surface area contributed by atoms with E-state index in [1.54, 1.807) is 50.4 Å². The number of ether oxygens (including phenoxy) is 1. The molecule has 0 spiro atoms. The molecule has 228 valence electrons. The van der Waals surface area contributed by atoms with E-state index in [2.05, 4.69) is 0 Å². The van der Waals surface area contributed by atoms with E-state index in [0.717, 1.165) is 11.0 Å². The highest BCUT2D eigenvalue weighted by atomic mass is 32.2. The molecule has 3 rings (SSSR count). The first-order chi connectivity index (χ1) is 19.4. The highest BCUT2D eigenvalue weighted by Crippen LogP contribution is 2.33. The minimum absolute atomic E-state index is 0.0209. The predicted octanol–water partition coefficient (Wildman–Crippen LogP) is 5.42. The number of carbonyl (C=O) groups is 3. The van der Waals surface area contributed by atoms with Gasteiger partial charge in [-0.1, -0.05) is 12.1 Å². The summed E-state index contributed by atoms with van der Waals surface area (Å²) in [6, 6.07) is 12.2. The molecular formula is C27H27F5N2O7S. The summed E-state index contributed by atoms with van der Waals surface area (Å²) in [7, 11) is 0. The summed E-state index contributed by atoms with van der Waals surface area (Å²) in [6.07, 6.45) is -3.30. The maximum atomic E-state index is 13.7. The Morgan fingerprint density at radius 3 is 2.07 bits per heavy atom. The van der Waals surface area contributed by atoms with Crippen molar-refractivity contribution in [1.29, 1.82) is 0 Å². The van der Waals surface area contributed by atoms with Crippen LogP contribution < -0.4 is 10.5 Å². The second kappa shape index (κ2) is 14.2. The zero-order chi connectivity index (χ0) is 31.8. The van der Waals surface area contributed by atoms with Crippen molar-refractivity contribution in [3.05, 3.63) is 71.7 Å². The van der Waals surface area contributed by atoms with Gasteiger partial charge in [0, 0.05) is 17.0 Å². The Balaban J connectivity index is 0.000000782. The van der Waals surface area contributed by atoms with Gasteiger partial charge in [-0.15, -0.1) is 11.8 Å². The Morgan fingerprint density at radius 1 is 1.00 bits per heavy atom. The lowest BCUT2D eigenvalue weighted by atomic mass is 10.1. The van der Waals surface area contributed by atoms with E-state index in [4.69, 9.17) is 29.9 Å². The number of aliphatic carboxylic acids is 2. The highest BCUT2D eigenvalue weighted by Gasteiger charge is 2.38. The summed E-state index contributed by atoms with van der Waals surface area (Å²) in [4.78, 5) is 34.5. The second-order valence-electron chi connectivity index (χ2n) is 9.39. The van der Waals surface area contributed by atoms with Crippen LogP contribution in [-0.4, -0.2) is 64.0 Å². The van der Waals surface area contributed by atoms with Gasteiger partial charge in [0.2, 0.25) is 0 Å². The summed E-state index contributed by atoms with van der Waals surface area (Å²) in [5.74, 6) is -5.47. The van der Waals surface area contributed by atoms with E-state index in [9.17, 15) is 31.5 Å². The molecule has 1 heterocycles. The summed E-state index contributed by atoms with van der Waals surface area (Å²) in [5.41, 5.74) is 6.44. The van der Waals surface area contributed by atoms with E-state index in [1.165, 1.54) is 23.9 Å². The lowest BCUT2D eigenvalue weighted by Gasteiger charge is -2.28. The molecule has 0 radical (unpaired) electrons. The normalized spacial score (nSPS) is 11.4. The molecule has 4 N–H and O–H groups in total. The van der Waals surface area contributed by atoms with E-state index in [-0.39, 0.29) is 18.9 Å². The van der Waals surface area contributed by atoms with Crippen LogP contribution in [0.2, 0.25) is 0 Å². The third-order valence-corrected chi connectivity index (χ3v) is 5.89. The number of alkyl halides is 3. The predicted molar refractivity (Wildman–Crippen MR) is 142 cm³/mol. The number of halogens is 5. The number of thioether (sulfide) groups is 1. The minimum Gasteiger partial charge on any atom is -0.486 e. The largest absolute Gasteiger partial charge is 0.490 e. The number of benzene rings is 2. The highest BCUT2D eigenvalue weighted by molar-refractivity contribution is 7.98. The summed E-state index contributed by atoms with van der Waals surface area (Å²) < 4.78 is 70.3. The van der Waals surface area contributed by atoms with Crippen LogP contribution in [0.4, 0.5) is 22.0 Å². The number of hydrogen-bond donors (Lipinski definition) is 3. The van der Waals surface area contributed by atoms with E-state index in [1.807, 2.05) is 0 Å². The topological polar surface area (TPSA) is 143 Å². The Bertz CT molecular complexity index is 1400. The molecule has 3 aromatic rings. The molecule has 0 atom stereocenters. The molecule has 0 unspecified atom stereocenters. The second-order valence-corrected chi connectivity index (χ2v) is 10.2. The van der Waals surface area contributed by atoms with Gasteiger partial charge in [-0.05, 0) is 67.6 Å². The Kier molecular flexibility index (Phi) is 11.5. The van der Waals surface area contributed by atoms with Gasteiger partial charge in [-0.3, -0.25) is 9.59 Å². The molecule has 42 heavy (non-hydrogen) atoms. The Labute approximate surface area is 241 Å². The van der Waals surface area contributed by atoms with Crippen molar-refractivity contribution >= 4 is 29.6 Å². The number of carboxylic acids is 2. The summed E-state index contributed by atoms with van der Waals surface area (Å²) >= 11 is 1.32. The molecule has 0 aliphatic heterocycles. The third-order valence-electron chi connectivity index (χ3n) is 5.12. The molecule has 15 heteroatoms. The van der Waals surface area contributed by atoms with Crippen LogP contribution in [0, 0.1) is 11.6 Å². The first-order valence-electron chi connectivity index (χ1n) is 11.9. The molecule has 9 nitrogen and oxygen atoms in total. The van der Waals surface area contributed by atoms with Gasteiger partial charge in [-0.2, -0.15) is 13.2 Å². The summed E-state index contributed by atoms with van der Waals surface area (Å²) in [5, 5.41) is 16.2. The quantitative estimate of drug-likeness (QED) is 0.200. The van der Waals surface area contributed by atoms with Gasteiger partial charge in [-0.25, -0.2) is 13.6 Å². The minimum atomic E-state index is -5.08. The molecule has 1 amide bonds. The fourth-order valence-corrected chi connectivity index (χ4v) is 4.01. The number of nitrogens with two attached hydrogens (primary N) is 1. The Morgan fingerprint density at radius 2 is 1.57 bits per heavy atom. The molecule has 2 aromatic carbocycles. The van der Waals surface area contributed by atoms with Crippen molar-refractivity contribution in [2.75, 3.05) is 19.3 Å². The van der Waals surface area contributed by atoms with Gasteiger partial charge < -0.3 is 30.0 Å². The van der Waals surface area contributed by atoms with Crippen LogP contribution in [0.5, 0.6) is 5.75 Å². The number of rotatable bonds is 10. The SMILES string of the molecule is CSc1cc(F)c(F)cc1-c1ccc(OCc2ccc(C(=O)N(CC(=O)O)CC(C)(C)N)o2)cc1.O=C(O)C(F)(F)F. The first-order valence-corrected chi connectivity index (χ1v) is 13.1. The fraction of sp³-hybridized carbons (Fsp3) is 0.296. The standard InChI is InChI=1S/C25H26F2N2O5S.C2HF3O2/c1-25(2,28)14-29(12-23(30)31)24(32)21-9-8-17(34-21)13-33-16-6-4-15(5-7-16)18-10-19(26)20(27)11-22(18)35-3;3-2(4,5)1(6)7/h4-11H,12-14,28H2,1-3H3,(H,30,31);(H,6,7). The van der Waals surface area contributed by atoms with Crippen LogP contribution >= 0.6 is 11.8 Å². The third kappa shape index (κ3) is 10.4. The maximum Gasteiger partial charge on any atom is 0.490 e. The van der Waals surface area contributed by atoms with Gasteiger partial charge in [0.05, 0.1) is 0 Å². The molecule has 0 bridgehead atoms. The number of hydrogen-bond acceptors (Lipinski definition) is 7. The van der Waals surface area contributed by atoms with Crippen LogP contribution in [0.3, 0.4) is 0 Å². The zero-order valence-corrected chi connectivity index (χ0v) is 23.3. The first kappa shape index (κ1) is 34.1. The average Bonchev–Trinajstić information content (AvgIpc) is 3.36. The van der Waals surface area contributed by atoms with E-state index in [0.29, 0.717) is 27.5 Å². The lowest BCUT2D eigenvalue weighted by molar-refractivity contribution is -0.192. The molecule has 0 saturated carbocycles. The van der Waals surface area contributed by atoms with Gasteiger partial charge in [0.25, 0.3) is 5.91 Å². The van der Waals surface area contributed by atoms with Crippen molar-refractivity contribution in [3.63, 3.8) is 0 Å². The number of carbonyl (C=O) groups excluding carboxylic acids is 1. The van der Waals surface area contributed by atoms with Crippen LogP contribution in [0.25, 0.3) is 11.1 Å². The van der Waals surface area contributed by atoms with Gasteiger partial charge in [0.15, 0.2) is 17.4 Å². The molecule has 1 aromatic heterocycles. The van der Waals surface area contributed by atoms with Crippen molar-refractivity contribution in [3.8, 4) is 16.9 Å². The number of furan rings is 1. The molecule has 0 aliphatic rings. The van der Waals surface area contributed by atoms with Crippen LogP contribution in [0.1, 0.15) is 30.2 Å². The Hall–Kier alpha value is -4.11. The monoisotopic (exact) mass is 618 g/mol. The number of amides is 1. The lowest BCUT2D eigenvalue weighted by Crippen LogP contribution is -2.49. The van der Waals surface area contributed by atoms with E-state index >= 15 is 0 Å². The van der Waals surface area contributed by atoms with Crippen molar-refractivity contribution in [2.45, 2.75) is 37.1 Å². The molecule has 0 aliphatic carbocycles. The van der Waals surface area contributed by atoms with Crippen LogP contribution in [0.15, 0.2) is 57.8 Å².